The van der Waals surface area contributed by atoms with Gasteiger partial charge in [0.15, 0.2) is 0 Å². The minimum atomic E-state index is -0.513. The summed E-state index contributed by atoms with van der Waals surface area (Å²) in [5.74, 6) is 0.708. The van der Waals surface area contributed by atoms with Crippen molar-refractivity contribution < 1.29 is 9.18 Å². The Hall–Kier alpha value is -2.41. The van der Waals surface area contributed by atoms with Crippen LogP contribution in [0, 0.1) is 12.7 Å². The van der Waals surface area contributed by atoms with Crippen LogP contribution in [0.1, 0.15) is 41.6 Å². The van der Waals surface area contributed by atoms with Crippen molar-refractivity contribution in [2.75, 3.05) is 24.3 Å². The Bertz CT molecular complexity index is 832. The van der Waals surface area contributed by atoms with Crippen molar-refractivity contribution in [2.24, 2.45) is 0 Å². The average Bonchev–Trinajstić information content (AvgIpc) is 2.64. The summed E-state index contributed by atoms with van der Waals surface area (Å²) >= 11 is 5.83. The fraction of sp³-hybridized carbons (Fsp3) is 0.450. The van der Waals surface area contributed by atoms with E-state index in [0.717, 1.165) is 37.1 Å². The zero-order valence-corrected chi connectivity index (χ0v) is 17.1. The van der Waals surface area contributed by atoms with E-state index in [2.05, 4.69) is 20.6 Å². The second-order valence-corrected chi connectivity index (χ2v) is 7.86. The number of aryl methyl sites for hydroxylation is 1. The lowest BCUT2D eigenvalue weighted by Crippen LogP contribution is -2.40. The van der Waals surface area contributed by atoms with Crippen LogP contribution >= 0.6 is 11.6 Å². The van der Waals surface area contributed by atoms with Crippen molar-refractivity contribution in [1.29, 1.82) is 0 Å². The lowest BCUT2D eigenvalue weighted by atomic mass is 9.91. The quantitative estimate of drug-likeness (QED) is 0.791. The normalized spacial score (nSPS) is 19.2. The first-order valence-electron chi connectivity index (χ1n) is 9.36. The van der Waals surface area contributed by atoms with Gasteiger partial charge in [-0.2, -0.15) is 4.98 Å². The minimum absolute atomic E-state index is 0.0591. The van der Waals surface area contributed by atoms with Gasteiger partial charge in [0.2, 0.25) is 5.95 Å². The summed E-state index contributed by atoms with van der Waals surface area (Å²) in [4.78, 5) is 23.3. The van der Waals surface area contributed by atoms with Gasteiger partial charge in [0, 0.05) is 48.5 Å². The number of carbonyl (C=O) groups excluding carboxylic acids is 1. The van der Waals surface area contributed by atoms with Gasteiger partial charge in [-0.25, -0.2) is 9.37 Å². The molecule has 0 saturated heterocycles. The number of carbonyl (C=O) groups is 1. The smallest absolute Gasteiger partial charge is 0.251 e. The van der Waals surface area contributed by atoms with Crippen LogP contribution in [0.3, 0.4) is 0 Å². The van der Waals surface area contributed by atoms with Crippen molar-refractivity contribution in [3.8, 4) is 0 Å². The fourth-order valence-electron chi connectivity index (χ4n) is 3.47. The van der Waals surface area contributed by atoms with Crippen LogP contribution in [0.25, 0.3) is 0 Å². The van der Waals surface area contributed by atoms with Gasteiger partial charge >= 0.3 is 0 Å². The molecule has 28 heavy (non-hydrogen) atoms. The van der Waals surface area contributed by atoms with E-state index < -0.39 is 5.82 Å². The van der Waals surface area contributed by atoms with Crippen LogP contribution in [0.5, 0.6) is 0 Å². The zero-order valence-electron chi connectivity index (χ0n) is 16.3. The van der Waals surface area contributed by atoms with Crippen LogP contribution in [0.15, 0.2) is 24.4 Å². The fourth-order valence-corrected chi connectivity index (χ4v) is 3.70. The highest BCUT2D eigenvalue weighted by Gasteiger charge is 2.24. The van der Waals surface area contributed by atoms with Crippen LogP contribution in [-0.2, 0) is 0 Å². The van der Waals surface area contributed by atoms with Crippen molar-refractivity contribution in [3.05, 3.63) is 46.4 Å². The number of hydrogen-bond donors (Lipinski definition) is 2. The lowest BCUT2D eigenvalue weighted by molar-refractivity contribution is 0.0926. The highest BCUT2D eigenvalue weighted by atomic mass is 35.5. The van der Waals surface area contributed by atoms with Gasteiger partial charge in [0.25, 0.3) is 5.91 Å². The Morgan fingerprint density at radius 2 is 1.86 bits per heavy atom. The predicted octanol–water partition coefficient (Wildman–Crippen LogP) is 3.80. The Morgan fingerprint density at radius 1 is 1.18 bits per heavy atom. The standard InChI is InChI=1S/C20H25ClFN5O/c1-12-11-23-20(26-18(12)27(2)3)25-17-6-4-16(5-7-17)24-19(28)13-8-14(21)10-15(22)9-13/h8-11,16-17H,4-7H2,1-3H3,(H,24,28)(H,23,25,26)/t16-,17+. The number of anilines is 2. The van der Waals surface area contributed by atoms with E-state index in [1.165, 1.54) is 18.2 Å². The molecule has 1 amide bonds. The molecule has 0 spiro atoms. The summed E-state index contributed by atoms with van der Waals surface area (Å²) < 4.78 is 13.4. The predicted molar refractivity (Wildman–Crippen MR) is 110 cm³/mol. The molecule has 1 fully saturated rings. The molecule has 0 unspecified atom stereocenters. The molecule has 0 atom stereocenters. The van der Waals surface area contributed by atoms with Crippen molar-refractivity contribution in [3.63, 3.8) is 0 Å². The largest absolute Gasteiger partial charge is 0.362 e. The Morgan fingerprint density at radius 3 is 2.50 bits per heavy atom. The lowest BCUT2D eigenvalue weighted by Gasteiger charge is -2.30. The maximum absolute atomic E-state index is 13.4. The molecule has 3 rings (SSSR count). The van der Waals surface area contributed by atoms with Crippen molar-refractivity contribution >= 4 is 29.3 Å². The van der Waals surface area contributed by atoms with Crippen LogP contribution < -0.4 is 15.5 Å². The van der Waals surface area contributed by atoms with E-state index >= 15 is 0 Å². The summed E-state index contributed by atoms with van der Waals surface area (Å²) in [5, 5.41) is 6.59. The SMILES string of the molecule is Cc1cnc(N[C@H]2CC[C@@H](NC(=O)c3cc(F)cc(Cl)c3)CC2)nc1N(C)C. The summed E-state index contributed by atoms with van der Waals surface area (Å²) in [6.07, 6.45) is 5.27. The number of amides is 1. The topological polar surface area (TPSA) is 70.1 Å². The second kappa shape index (κ2) is 8.73. The molecule has 6 nitrogen and oxygen atoms in total. The van der Waals surface area contributed by atoms with E-state index in [9.17, 15) is 9.18 Å². The van der Waals surface area contributed by atoms with Gasteiger partial charge in [0.05, 0.1) is 0 Å². The Kier molecular flexibility index (Phi) is 6.34. The van der Waals surface area contributed by atoms with Gasteiger partial charge in [0.1, 0.15) is 11.6 Å². The Balaban J connectivity index is 1.53. The van der Waals surface area contributed by atoms with Crippen LogP contribution in [0.4, 0.5) is 16.2 Å². The molecule has 1 aromatic heterocycles. The highest BCUT2D eigenvalue weighted by molar-refractivity contribution is 6.31. The van der Waals surface area contributed by atoms with Gasteiger partial charge in [-0.1, -0.05) is 11.6 Å². The average molecular weight is 406 g/mol. The maximum atomic E-state index is 13.4. The molecule has 150 valence electrons. The maximum Gasteiger partial charge on any atom is 0.251 e. The molecule has 0 bridgehead atoms. The van der Waals surface area contributed by atoms with E-state index in [0.29, 0.717) is 5.95 Å². The molecule has 1 heterocycles. The first kappa shape index (κ1) is 20.3. The molecule has 2 aromatic rings. The zero-order chi connectivity index (χ0) is 20.3. The molecule has 1 aromatic carbocycles. The second-order valence-electron chi connectivity index (χ2n) is 7.42. The molecule has 8 heteroatoms. The minimum Gasteiger partial charge on any atom is -0.362 e. The third-order valence-corrected chi connectivity index (χ3v) is 5.11. The van der Waals surface area contributed by atoms with E-state index in [1.54, 1.807) is 0 Å². The number of halogens is 2. The number of nitrogens with one attached hydrogen (secondary N) is 2. The van der Waals surface area contributed by atoms with Gasteiger partial charge < -0.3 is 15.5 Å². The van der Waals surface area contributed by atoms with E-state index in [-0.39, 0.29) is 28.6 Å². The molecular formula is C20H25ClFN5O. The van der Waals surface area contributed by atoms with Crippen molar-refractivity contribution in [1.82, 2.24) is 15.3 Å². The van der Waals surface area contributed by atoms with Gasteiger partial charge in [-0.05, 0) is 50.8 Å². The third kappa shape index (κ3) is 5.10. The van der Waals surface area contributed by atoms with Crippen LogP contribution in [-0.4, -0.2) is 42.1 Å². The Labute approximate surface area is 169 Å². The number of nitrogens with zero attached hydrogens (tertiary/aromatic N) is 3. The van der Waals surface area contributed by atoms with Gasteiger partial charge in [-0.3, -0.25) is 4.79 Å². The highest BCUT2D eigenvalue weighted by Crippen LogP contribution is 2.23. The number of aromatic nitrogens is 2. The first-order chi connectivity index (χ1) is 13.3. The molecule has 1 aliphatic carbocycles. The molecular weight excluding hydrogens is 381 g/mol. The summed E-state index contributed by atoms with van der Waals surface area (Å²) in [7, 11) is 3.91. The summed E-state index contributed by atoms with van der Waals surface area (Å²) in [6.45, 7) is 1.98. The third-order valence-electron chi connectivity index (χ3n) is 4.89. The molecule has 2 N–H and O–H groups in total. The molecule has 1 saturated carbocycles. The molecule has 0 aliphatic heterocycles. The number of hydrogen-bond acceptors (Lipinski definition) is 5. The summed E-state index contributed by atoms with van der Waals surface area (Å²) in [6, 6.07) is 4.18. The van der Waals surface area contributed by atoms with Gasteiger partial charge in [-0.15, -0.1) is 0 Å². The molecule has 1 aliphatic rings. The number of rotatable bonds is 5. The van der Waals surface area contributed by atoms with E-state index in [4.69, 9.17) is 11.6 Å². The van der Waals surface area contributed by atoms with Crippen LogP contribution in [0.2, 0.25) is 5.02 Å². The first-order valence-corrected chi connectivity index (χ1v) is 9.74. The van der Waals surface area contributed by atoms with Crippen molar-refractivity contribution in [2.45, 2.75) is 44.7 Å². The summed E-state index contributed by atoms with van der Waals surface area (Å²) in [5.41, 5.74) is 1.27. The molecule has 0 radical (unpaired) electrons. The number of benzene rings is 1. The monoisotopic (exact) mass is 405 g/mol. The van der Waals surface area contributed by atoms with E-state index in [1.807, 2.05) is 32.1 Å².